The molecule has 0 aromatic carbocycles. The van der Waals surface area contributed by atoms with Gasteiger partial charge < -0.3 is 10.6 Å². The van der Waals surface area contributed by atoms with Crippen LogP contribution in [0.2, 0.25) is 0 Å². The summed E-state index contributed by atoms with van der Waals surface area (Å²) in [5.41, 5.74) is 5.67. The molecule has 1 amide bonds. The number of carbonyl (C=O) groups is 1. The number of amides is 1. The van der Waals surface area contributed by atoms with Crippen LogP contribution in [0, 0.1) is 11.3 Å². The number of piperazine rings is 1. The van der Waals surface area contributed by atoms with Crippen molar-refractivity contribution in [1.29, 1.82) is 0 Å². The van der Waals surface area contributed by atoms with Crippen molar-refractivity contribution >= 4 is 5.91 Å². The fourth-order valence-electron chi connectivity index (χ4n) is 5.73. The highest BCUT2D eigenvalue weighted by molar-refractivity contribution is 5.82. The van der Waals surface area contributed by atoms with Crippen LogP contribution in [0.3, 0.4) is 0 Å². The second kappa shape index (κ2) is 6.12. The highest BCUT2D eigenvalue weighted by atomic mass is 16.1. The minimum atomic E-state index is -0.351. The minimum absolute atomic E-state index is 0.0227. The van der Waals surface area contributed by atoms with Crippen LogP contribution in [0.25, 0.3) is 0 Å². The Bertz CT molecular complexity index is 413. The summed E-state index contributed by atoms with van der Waals surface area (Å²) in [6, 6.07) is 0. The normalized spacial score (nSPS) is 39.2. The van der Waals surface area contributed by atoms with Gasteiger partial charge in [-0.05, 0) is 45.6 Å². The van der Waals surface area contributed by atoms with E-state index in [1.165, 1.54) is 38.5 Å². The van der Waals surface area contributed by atoms with E-state index < -0.39 is 0 Å². The quantitative estimate of drug-likeness (QED) is 0.870. The van der Waals surface area contributed by atoms with Gasteiger partial charge in [-0.2, -0.15) is 0 Å². The fourth-order valence-corrected chi connectivity index (χ4v) is 5.73. The third-order valence-electron chi connectivity index (χ3n) is 7.08. The second-order valence-corrected chi connectivity index (χ2v) is 8.10. The van der Waals surface area contributed by atoms with Crippen LogP contribution in [-0.2, 0) is 4.79 Å². The molecular weight excluding hydrogens is 274 g/mol. The van der Waals surface area contributed by atoms with Crippen LogP contribution >= 0.6 is 0 Å². The molecule has 2 atom stereocenters. The molecule has 1 aliphatic heterocycles. The van der Waals surface area contributed by atoms with Crippen LogP contribution in [0.4, 0.5) is 0 Å². The molecule has 3 aliphatic rings. The van der Waals surface area contributed by atoms with Crippen LogP contribution in [-0.4, -0.2) is 54.5 Å². The third-order valence-corrected chi connectivity index (χ3v) is 7.08. The topological polar surface area (TPSA) is 49.6 Å². The van der Waals surface area contributed by atoms with Crippen molar-refractivity contribution in [3.63, 3.8) is 0 Å². The largest absolute Gasteiger partial charge is 0.369 e. The van der Waals surface area contributed by atoms with E-state index in [0.717, 1.165) is 39.0 Å². The number of nitrogens with zero attached hydrogens (tertiary/aromatic N) is 2. The lowest BCUT2D eigenvalue weighted by molar-refractivity contribution is -0.154. The first-order chi connectivity index (χ1) is 10.5. The monoisotopic (exact) mass is 307 g/mol. The van der Waals surface area contributed by atoms with Gasteiger partial charge in [-0.1, -0.05) is 25.7 Å². The van der Waals surface area contributed by atoms with Crippen LogP contribution in [0.15, 0.2) is 0 Å². The average molecular weight is 307 g/mol. The Morgan fingerprint density at radius 3 is 2.18 bits per heavy atom. The van der Waals surface area contributed by atoms with Gasteiger partial charge in [0.1, 0.15) is 0 Å². The van der Waals surface area contributed by atoms with E-state index in [1.54, 1.807) is 0 Å². The molecule has 2 aliphatic carbocycles. The van der Waals surface area contributed by atoms with E-state index in [-0.39, 0.29) is 16.9 Å². The smallest absolute Gasteiger partial charge is 0.225 e. The fraction of sp³-hybridized carbons (Fsp3) is 0.944. The Hall–Kier alpha value is -0.610. The Labute approximate surface area is 135 Å². The van der Waals surface area contributed by atoms with E-state index in [1.807, 2.05) is 0 Å². The van der Waals surface area contributed by atoms with E-state index in [0.29, 0.717) is 5.92 Å². The molecule has 2 saturated carbocycles. The standard InChI is InChI=1S/C18H33N3O/c1-17(16(19)22)9-5-6-10-18(17,15-7-3-4-8-15)21-13-11-20(2)12-14-21/h15H,3-14H2,1-2H3,(H2,19,22). The van der Waals surface area contributed by atoms with Gasteiger partial charge in [-0.25, -0.2) is 0 Å². The maximum Gasteiger partial charge on any atom is 0.225 e. The van der Waals surface area contributed by atoms with Gasteiger partial charge in [0.05, 0.1) is 5.41 Å². The lowest BCUT2D eigenvalue weighted by Crippen LogP contribution is -2.70. The molecular formula is C18H33N3O. The van der Waals surface area contributed by atoms with Crippen LogP contribution in [0.1, 0.15) is 58.3 Å². The Morgan fingerprint density at radius 1 is 1.00 bits per heavy atom. The first-order valence-electron chi connectivity index (χ1n) is 9.24. The molecule has 0 aromatic heterocycles. The summed E-state index contributed by atoms with van der Waals surface area (Å²) in [4.78, 5) is 17.6. The average Bonchev–Trinajstić information content (AvgIpc) is 3.03. The zero-order valence-corrected chi connectivity index (χ0v) is 14.4. The van der Waals surface area contributed by atoms with Gasteiger partial charge in [0.15, 0.2) is 0 Å². The summed E-state index contributed by atoms with van der Waals surface area (Å²) in [7, 11) is 2.20. The molecule has 0 spiro atoms. The highest BCUT2D eigenvalue weighted by Crippen LogP contribution is 2.55. The molecule has 1 saturated heterocycles. The van der Waals surface area contributed by atoms with Crippen molar-refractivity contribution in [2.45, 2.75) is 63.8 Å². The van der Waals surface area contributed by atoms with Crippen molar-refractivity contribution in [1.82, 2.24) is 9.80 Å². The molecule has 22 heavy (non-hydrogen) atoms. The molecule has 0 bridgehead atoms. The molecule has 4 nitrogen and oxygen atoms in total. The zero-order valence-electron chi connectivity index (χ0n) is 14.4. The van der Waals surface area contributed by atoms with Crippen LogP contribution in [0.5, 0.6) is 0 Å². The summed E-state index contributed by atoms with van der Waals surface area (Å²) in [6.45, 7) is 6.60. The van der Waals surface area contributed by atoms with Crippen molar-refractivity contribution in [3.8, 4) is 0 Å². The molecule has 3 rings (SSSR count). The molecule has 1 heterocycles. The van der Waals surface area contributed by atoms with E-state index in [9.17, 15) is 4.79 Å². The van der Waals surface area contributed by atoms with Crippen molar-refractivity contribution in [2.24, 2.45) is 17.1 Å². The summed E-state index contributed by atoms with van der Waals surface area (Å²) in [6.07, 6.45) is 9.79. The molecule has 3 fully saturated rings. The lowest BCUT2D eigenvalue weighted by Gasteiger charge is -2.60. The van der Waals surface area contributed by atoms with Crippen molar-refractivity contribution < 1.29 is 4.79 Å². The van der Waals surface area contributed by atoms with Gasteiger partial charge in [0.25, 0.3) is 0 Å². The number of likely N-dealkylation sites (N-methyl/N-ethyl adjacent to an activating group) is 1. The molecule has 2 unspecified atom stereocenters. The van der Waals surface area contributed by atoms with Crippen molar-refractivity contribution in [2.75, 3.05) is 33.2 Å². The number of primary amides is 1. The number of rotatable bonds is 3. The third kappa shape index (κ3) is 2.39. The van der Waals surface area contributed by atoms with Gasteiger partial charge in [-0.3, -0.25) is 9.69 Å². The Morgan fingerprint density at radius 2 is 1.59 bits per heavy atom. The zero-order chi connectivity index (χ0) is 15.8. The molecule has 4 heteroatoms. The SMILES string of the molecule is CN1CCN(C2(C3CCCC3)CCCCC2(C)C(N)=O)CC1. The first kappa shape index (κ1) is 16.3. The maximum absolute atomic E-state index is 12.5. The summed E-state index contributed by atoms with van der Waals surface area (Å²) < 4.78 is 0. The highest BCUT2D eigenvalue weighted by Gasteiger charge is 2.60. The van der Waals surface area contributed by atoms with E-state index in [4.69, 9.17) is 5.73 Å². The summed E-state index contributed by atoms with van der Waals surface area (Å²) in [5.74, 6) is 0.603. The van der Waals surface area contributed by atoms with E-state index >= 15 is 0 Å². The van der Waals surface area contributed by atoms with Gasteiger partial charge in [-0.15, -0.1) is 0 Å². The lowest BCUT2D eigenvalue weighted by atomic mass is 9.55. The van der Waals surface area contributed by atoms with E-state index in [2.05, 4.69) is 23.8 Å². The van der Waals surface area contributed by atoms with Gasteiger partial charge in [0, 0.05) is 31.7 Å². The first-order valence-corrected chi connectivity index (χ1v) is 9.24. The maximum atomic E-state index is 12.5. The number of carbonyl (C=O) groups excluding carboxylic acids is 1. The second-order valence-electron chi connectivity index (χ2n) is 8.10. The summed E-state index contributed by atoms with van der Waals surface area (Å²) in [5, 5.41) is 0. The minimum Gasteiger partial charge on any atom is -0.369 e. The predicted octanol–water partition coefficient (Wildman–Crippen LogP) is 2.23. The van der Waals surface area contributed by atoms with Gasteiger partial charge >= 0.3 is 0 Å². The number of hydrogen-bond acceptors (Lipinski definition) is 3. The molecule has 126 valence electrons. The molecule has 2 N–H and O–H groups in total. The van der Waals surface area contributed by atoms with Crippen LogP contribution < -0.4 is 5.73 Å². The van der Waals surface area contributed by atoms with Gasteiger partial charge in [0.2, 0.25) is 5.91 Å². The van der Waals surface area contributed by atoms with Crippen molar-refractivity contribution in [3.05, 3.63) is 0 Å². The number of nitrogens with two attached hydrogens (primary N) is 1. The Balaban J connectivity index is 1.99. The molecule has 0 radical (unpaired) electrons. The Kier molecular flexibility index (Phi) is 4.52. The number of hydrogen-bond donors (Lipinski definition) is 1. The summed E-state index contributed by atoms with van der Waals surface area (Å²) >= 11 is 0. The molecule has 0 aromatic rings. The predicted molar refractivity (Wildman–Crippen MR) is 89.5 cm³/mol.